The van der Waals surface area contributed by atoms with Crippen LogP contribution in [0.2, 0.25) is 0 Å². The van der Waals surface area contributed by atoms with Crippen molar-refractivity contribution in [3.8, 4) is 0 Å². The molecule has 0 aliphatic carbocycles. The van der Waals surface area contributed by atoms with E-state index in [1.54, 1.807) is 0 Å². The standard InChI is InChI=1S/C11H10FN3O4/c12-6-1-2-7(13-3-6)10(17)15-5-9(16)14-4-8(15)11(18)19/h1-3,8H,4-5H2,(H,14,16)(H,18,19). The molecule has 2 amide bonds. The highest BCUT2D eigenvalue weighted by atomic mass is 19.1. The Balaban J connectivity index is 2.26. The smallest absolute Gasteiger partial charge is 0.328 e. The van der Waals surface area contributed by atoms with E-state index in [0.29, 0.717) is 0 Å². The molecule has 1 atom stereocenters. The fourth-order valence-electron chi connectivity index (χ4n) is 1.72. The molecule has 1 aromatic rings. The van der Waals surface area contributed by atoms with E-state index in [0.717, 1.165) is 23.2 Å². The number of carboxylic acids is 1. The Morgan fingerprint density at radius 3 is 2.79 bits per heavy atom. The molecular formula is C11H10FN3O4. The second kappa shape index (κ2) is 5.01. The molecule has 0 aromatic carbocycles. The lowest BCUT2D eigenvalue weighted by Crippen LogP contribution is -2.59. The molecule has 1 saturated heterocycles. The summed E-state index contributed by atoms with van der Waals surface area (Å²) in [5.41, 5.74) is -0.109. The van der Waals surface area contributed by atoms with Crippen LogP contribution in [-0.4, -0.2) is 51.9 Å². The molecule has 1 unspecified atom stereocenters. The monoisotopic (exact) mass is 267 g/mol. The van der Waals surface area contributed by atoms with Crippen molar-refractivity contribution in [3.05, 3.63) is 29.8 Å². The molecule has 7 nitrogen and oxygen atoms in total. The Morgan fingerprint density at radius 1 is 1.47 bits per heavy atom. The maximum Gasteiger partial charge on any atom is 0.328 e. The van der Waals surface area contributed by atoms with Crippen molar-refractivity contribution in [2.45, 2.75) is 6.04 Å². The van der Waals surface area contributed by atoms with Crippen LogP contribution in [0.3, 0.4) is 0 Å². The lowest BCUT2D eigenvalue weighted by atomic mass is 10.1. The van der Waals surface area contributed by atoms with E-state index in [4.69, 9.17) is 5.11 Å². The Kier molecular flexibility index (Phi) is 3.41. The van der Waals surface area contributed by atoms with Crippen molar-refractivity contribution >= 4 is 17.8 Å². The topological polar surface area (TPSA) is 99.6 Å². The van der Waals surface area contributed by atoms with Crippen LogP contribution in [0.15, 0.2) is 18.3 Å². The van der Waals surface area contributed by atoms with Crippen LogP contribution < -0.4 is 5.32 Å². The first-order valence-corrected chi connectivity index (χ1v) is 5.41. The van der Waals surface area contributed by atoms with Gasteiger partial charge in [0.1, 0.15) is 24.1 Å². The Hall–Kier alpha value is -2.51. The molecule has 1 aliphatic heterocycles. The number of rotatable bonds is 2. The third-order valence-electron chi connectivity index (χ3n) is 2.68. The summed E-state index contributed by atoms with van der Waals surface area (Å²) in [6.07, 6.45) is 0.854. The van der Waals surface area contributed by atoms with E-state index in [2.05, 4.69) is 10.3 Å². The maximum atomic E-state index is 12.7. The molecule has 1 aliphatic rings. The average molecular weight is 267 g/mol. The number of carbonyl (C=O) groups excluding carboxylic acids is 2. The minimum absolute atomic E-state index is 0.109. The van der Waals surface area contributed by atoms with Gasteiger partial charge in [0, 0.05) is 6.54 Å². The van der Waals surface area contributed by atoms with Gasteiger partial charge in [0.05, 0.1) is 6.20 Å². The van der Waals surface area contributed by atoms with Crippen molar-refractivity contribution in [2.75, 3.05) is 13.1 Å². The summed E-state index contributed by atoms with van der Waals surface area (Å²) in [4.78, 5) is 38.8. The first kappa shape index (κ1) is 12.9. The Bertz CT molecular complexity index is 531. The largest absolute Gasteiger partial charge is 0.480 e. The van der Waals surface area contributed by atoms with Gasteiger partial charge in [-0.1, -0.05) is 0 Å². The lowest BCUT2D eigenvalue weighted by Gasteiger charge is -2.32. The third-order valence-corrected chi connectivity index (χ3v) is 2.68. The van der Waals surface area contributed by atoms with Crippen molar-refractivity contribution in [3.63, 3.8) is 0 Å². The van der Waals surface area contributed by atoms with E-state index in [9.17, 15) is 18.8 Å². The molecular weight excluding hydrogens is 257 g/mol. The maximum absolute atomic E-state index is 12.7. The summed E-state index contributed by atoms with van der Waals surface area (Å²) in [5.74, 6) is -3.01. The van der Waals surface area contributed by atoms with Crippen LogP contribution in [0.5, 0.6) is 0 Å². The van der Waals surface area contributed by atoms with Gasteiger partial charge in [-0.25, -0.2) is 14.2 Å². The number of hydrogen-bond donors (Lipinski definition) is 2. The number of carbonyl (C=O) groups is 3. The number of piperazine rings is 1. The second-order valence-electron chi connectivity index (χ2n) is 3.95. The number of nitrogens with one attached hydrogen (secondary N) is 1. The number of amides is 2. The number of pyridine rings is 1. The van der Waals surface area contributed by atoms with E-state index < -0.39 is 29.6 Å². The summed E-state index contributed by atoms with van der Waals surface area (Å²) in [7, 11) is 0. The quantitative estimate of drug-likeness (QED) is 0.734. The first-order valence-electron chi connectivity index (χ1n) is 5.41. The van der Waals surface area contributed by atoms with Gasteiger partial charge in [-0.3, -0.25) is 9.59 Å². The van der Waals surface area contributed by atoms with E-state index in [-0.39, 0.29) is 18.8 Å². The predicted octanol–water partition coefficient (Wildman–Crippen LogP) is -0.754. The van der Waals surface area contributed by atoms with Crippen LogP contribution in [-0.2, 0) is 9.59 Å². The zero-order valence-corrected chi connectivity index (χ0v) is 9.67. The van der Waals surface area contributed by atoms with E-state index in [1.807, 2.05) is 0 Å². The van der Waals surface area contributed by atoms with Crippen molar-refractivity contribution < 1.29 is 23.9 Å². The molecule has 8 heteroatoms. The molecule has 2 heterocycles. The molecule has 100 valence electrons. The summed E-state index contributed by atoms with van der Waals surface area (Å²) >= 11 is 0. The second-order valence-corrected chi connectivity index (χ2v) is 3.95. The fourth-order valence-corrected chi connectivity index (χ4v) is 1.72. The summed E-state index contributed by atoms with van der Waals surface area (Å²) in [6, 6.07) is 1.03. The van der Waals surface area contributed by atoms with Gasteiger partial charge in [-0.15, -0.1) is 0 Å². The zero-order chi connectivity index (χ0) is 14.0. The van der Waals surface area contributed by atoms with E-state index >= 15 is 0 Å². The fraction of sp³-hybridized carbons (Fsp3) is 0.273. The van der Waals surface area contributed by atoms with Crippen LogP contribution in [0.4, 0.5) is 4.39 Å². The number of halogens is 1. The van der Waals surface area contributed by atoms with Gasteiger partial charge < -0.3 is 15.3 Å². The van der Waals surface area contributed by atoms with Crippen LogP contribution in [0.25, 0.3) is 0 Å². The van der Waals surface area contributed by atoms with Crippen molar-refractivity contribution in [1.29, 1.82) is 0 Å². The summed E-state index contributed by atoms with van der Waals surface area (Å²) < 4.78 is 12.7. The normalized spacial score (nSPS) is 18.9. The van der Waals surface area contributed by atoms with Gasteiger partial charge in [-0.05, 0) is 12.1 Å². The van der Waals surface area contributed by atoms with Gasteiger partial charge >= 0.3 is 5.97 Å². The van der Waals surface area contributed by atoms with Crippen molar-refractivity contribution in [1.82, 2.24) is 15.2 Å². The minimum Gasteiger partial charge on any atom is -0.480 e. The number of nitrogens with zero attached hydrogens (tertiary/aromatic N) is 2. The molecule has 1 fully saturated rings. The highest BCUT2D eigenvalue weighted by Crippen LogP contribution is 2.10. The van der Waals surface area contributed by atoms with Crippen LogP contribution >= 0.6 is 0 Å². The number of aliphatic carboxylic acids is 1. The Morgan fingerprint density at radius 2 is 2.21 bits per heavy atom. The molecule has 0 spiro atoms. The van der Waals surface area contributed by atoms with E-state index in [1.165, 1.54) is 0 Å². The number of carboxylic acid groups (broad SMARTS) is 1. The minimum atomic E-state index is -1.23. The first-order chi connectivity index (χ1) is 8.99. The van der Waals surface area contributed by atoms with Gasteiger partial charge in [-0.2, -0.15) is 0 Å². The van der Waals surface area contributed by atoms with Crippen LogP contribution in [0.1, 0.15) is 10.5 Å². The van der Waals surface area contributed by atoms with Gasteiger partial charge in [0.15, 0.2) is 0 Å². The molecule has 0 bridgehead atoms. The highest BCUT2D eigenvalue weighted by Gasteiger charge is 2.36. The average Bonchev–Trinajstić information content (AvgIpc) is 2.38. The SMILES string of the molecule is O=C1CN(C(=O)c2ccc(F)cn2)C(C(=O)O)CN1. The molecule has 0 radical (unpaired) electrons. The molecule has 19 heavy (non-hydrogen) atoms. The third kappa shape index (κ3) is 2.67. The predicted molar refractivity (Wildman–Crippen MR) is 59.7 cm³/mol. The molecule has 2 N–H and O–H groups in total. The zero-order valence-electron chi connectivity index (χ0n) is 9.67. The van der Waals surface area contributed by atoms with Crippen LogP contribution in [0, 0.1) is 5.82 Å². The number of hydrogen-bond acceptors (Lipinski definition) is 4. The summed E-state index contributed by atoms with van der Waals surface area (Å²) in [5, 5.41) is 11.4. The van der Waals surface area contributed by atoms with Gasteiger partial charge in [0.25, 0.3) is 5.91 Å². The molecule has 2 rings (SSSR count). The Labute approximate surface area is 107 Å². The van der Waals surface area contributed by atoms with Gasteiger partial charge in [0.2, 0.25) is 5.91 Å². The van der Waals surface area contributed by atoms with Crippen molar-refractivity contribution in [2.24, 2.45) is 0 Å². The lowest BCUT2D eigenvalue weighted by molar-refractivity contribution is -0.144. The molecule has 0 saturated carbocycles. The summed E-state index contributed by atoms with van der Waals surface area (Å²) in [6.45, 7) is -0.532. The molecule has 1 aromatic heterocycles. The number of aromatic nitrogens is 1. The highest BCUT2D eigenvalue weighted by molar-refractivity contribution is 5.98.